The summed E-state index contributed by atoms with van der Waals surface area (Å²) in [6.45, 7) is 0. The Morgan fingerprint density at radius 3 is 2.00 bits per heavy atom. The minimum Gasteiger partial charge on any atom is -0.398 e. The second-order valence-electron chi connectivity index (χ2n) is 5.35. The number of rotatable bonds is 4. The average Bonchev–Trinajstić information content (AvgIpc) is 2.58. The fraction of sp³-hybridized carbons (Fsp3) is 0.0526. The maximum Gasteiger partial charge on any atom is 0.182 e. The summed E-state index contributed by atoms with van der Waals surface area (Å²) in [6.07, 6.45) is 0. The summed E-state index contributed by atoms with van der Waals surface area (Å²) in [7, 11) is -3.41. The van der Waals surface area contributed by atoms with Crippen molar-refractivity contribution in [1.29, 1.82) is 0 Å². The third-order valence-electron chi connectivity index (χ3n) is 3.70. The third kappa shape index (κ3) is 3.43. The van der Waals surface area contributed by atoms with Crippen LogP contribution in [0.1, 0.15) is 5.56 Å². The Bertz CT molecular complexity index is 905. The van der Waals surface area contributed by atoms with Crippen LogP contribution in [0.3, 0.4) is 0 Å². The highest BCUT2D eigenvalue weighted by Crippen LogP contribution is 2.26. The lowest BCUT2D eigenvalue weighted by Crippen LogP contribution is -2.07. The quantitative estimate of drug-likeness (QED) is 0.741. The minimum atomic E-state index is -3.41. The molecule has 0 radical (unpaired) electrons. The van der Waals surface area contributed by atoms with Gasteiger partial charge in [-0.1, -0.05) is 54.6 Å². The Balaban J connectivity index is 1.97. The molecule has 3 aromatic carbocycles. The van der Waals surface area contributed by atoms with E-state index in [9.17, 15) is 8.42 Å². The van der Waals surface area contributed by atoms with E-state index in [0.29, 0.717) is 16.1 Å². The lowest BCUT2D eigenvalue weighted by molar-refractivity contribution is 0.595. The Morgan fingerprint density at radius 2 is 1.35 bits per heavy atom. The van der Waals surface area contributed by atoms with Crippen LogP contribution in [0, 0.1) is 0 Å². The van der Waals surface area contributed by atoms with Crippen molar-refractivity contribution in [3.63, 3.8) is 0 Å². The summed E-state index contributed by atoms with van der Waals surface area (Å²) in [5.74, 6) is -0.108. The molecule has 23 heavy (non-hydrogen) atoms. The molecular weight excluding hydrogens is 306 g/mol. The molecule has 0 amide bonds. The van der Waals surface area contributed by atoms with E-state index >= 15 is 0 Å². The van der Waals surface area contributed by atoms with Crippen molar-refractivity contribution in [2.75, 3.05) is 5.73 Å². The van der Waals surface area contributed by atoms with Crippen molar-refractivity contribution in [2.24, 2.45) is 0 Å². The molecule has 0 atom stereocenters. The van der Waals surface area contributed by atoms with Crippen molar-refractivity contribution in [2.45, 2.75) is 10.6 Å². The maximum atomic E-state index is 12.5. The van der Waals surface area contributed by atoms with Crippen LogP contribution in [0.4, 0.5) is 5.69 Å². The van der Waals surface area contributed by atoms with Gasteiger partial charge in [0.15, 0.2) is 9.84 Å². The van der Waals surface area contributed by atoms with Gasteiger partial charge in [0.2, 0.25) is 0 Å². The van der Waals surface area contributed by atoms with Crippen LogP contribution in [-0.4, -0.2) is 8.42 Å². The molecule has 0 bridgehead atoms. The maximum absolute atomic E-state index is 12.5. The minimum absolute atomic E-state index is 0.108. The molecule has 3 aromatic rings. The van der Waals surface area contributed by atoms with E-state index in [2.05, 4.69) is 0 Å². The highest BCUT2D eigenvalue weighted by molar-refractivity contribution is 7.90. The first-order valence-corrected chi connectivity index (χ1v) is 8.93. The fourth-order valence-electron chi connectivity index (χ4n) is 2.46. The Labute approximate surface area is 136 Å². The fourth-order valence-corrected chi connectivity index (χ4v) is 3.85. The monoisotopic (exact) mass is 323 g/mol. The molecule has 0 saturated heterocycles. The van der Waals surface area contributed by atoms with Gasteiger partial charge in [0.25, 0.3) is 0 Å². The molecule has 0 aliphatic heterocycles. The van der Waals surface area contributed by atoms with Gasteiger partial charge in [0.05, 0.1) is 10.6 Å². The van der Waals surface area contributed by atoms with Crippen molar-refractivity contribution in [3.05, 3.63) is 84.4 Å². The molecule has 116 valence electrons. The smallest absolute Gasteiger partial charge is 0.182 e. The van der Waals surface area contributed by atoms with E-state index in [1.54, 1.807) is 36.4 Å². The highest BCUT2D eigenvalue weighted by Gasteiger charge is 2.17. The molecule has 0 aliphatic carbocycles. The number of nitrogen functional groups attached to an aromatic ring is 1. The largest absolute Gasteiger partial charge is 0.398 e. The summed E-state index contributed by atoms with van der Waals surface area (Å²) < 4.78 is 25.1. The van der Waals surface area contributed by atoms with E-state index in [1.807, 2.05) is 42.5 Å². The van der Waals surface area contributed by atoms with Crippen LogP contribution < -0.4 is 5.73 Å². The van der Waals surface area contributed by atoms with Crippen LogP contribution in [0.5, 0.6) is 0 Å². The van der Waals surface area contributed by atoms with Gasteiger partial charge in [-0.3, -0.25) is 0 Å². The van der Waals surface area contributed by atoms with Crippen molar-refractivity contribution in [3.8, 4) is 11.1 Å². The van der Waals surface area contributed by atoms with Gasteiger partial charge >= 0.3 is 0 Å². The standard InChI is InChI=1S/C19H17NO2S/c20-19-12-11-16(15-7-3-1-4-8-15)13-17(19)14-23(21,22)18-9-5-2-6-10-18/h1-13H,14,20H2. The van der Waals surface area contributed by atoms with Gasteiger partial charge in [-0.15, -0.1) is 0 Å². The van der Waals surface area contributed by atoms with E-state index in [0.717, 1.165) is 11.1 Å². The molecule has 0 aliphatic rings. The van der Waals surface area contributed by atoms with Gasteiger partial charge < -0.3 is 5.73 Å². The Hall–Kier alpha value is -2.59. The van der Waals surface area contributed by atoms with E-state index in [4.69, 9.17) is 5.73 Å². The first kappa shape index (κ1) is 15.3. The molecule has 4 heteroatoms. The molecule has 3 nitrogen and oxygen atoms in total. The summed E-state index contributed by atoms with van der Waals surface area (Å²) in [5.41, 5.74) is 9.09. The lowest BCUT2D eigenvalue weighted by Gasteiger charge is -2.10. The van der Waals surface area contributed by atoms with Crippen LogP contribution in [0.15, 0.2) is 83.8 Å². The van der Waals surface area contributed by atoms with Gasteiger partial charge in [0.1, 0.15) is 0 Å². The lowest BCUT2D eigenvalue weighted by atomic mass is 10.0. The third-order valence-corrected chi connectivity index (χ3v) is 5.38. The highest BCUT2D eigenvalue weighted by atomic mass is 32.2. The second kappa shape index (κ2) is 6.26. The molecule has 0 spiro atoms. The summed E-state index contributed by atoms with van der Waals surface area (Å²) in [5, 5.41) is 0. The van der Waals surface area contributed by atoms with Gasteiger partial charge in [-0.2, -0.15) is 0 Å². The molecule has 0 saturated carbocycles. The molecular formula is C19H17NO2S. The van der Waals surface area contributed by atoms with Crippen molar-refractivity contribution >= 4 is 15.5 Å². The van der Waals surface area contributed by atoms with E-state index in [1.165, 1.54) is 0 Å². The summed E-state index contributed by atoms with van der Waals surface area (Å²) >= 11 is 0. The zero-order valence-corrected chi connectivity index (χ0v) is 13.3. The molecule has 0 heterocycles. The van der Waals surface area contributed by atoms with Gasteiger partial charge in [0, 0.05) is 5.69 Å². The number of anilines is 1. The number of hydrogen-bond acceptors (Lipinski definition) is 3. The molecule has 0 fully saturated rings. The second-order valence-corrected chi connectivity index (χ2v) is 7.34. The predicted octanol–water partition coefficient (Wildman–Crippen LogP) is 3.91. The van der Waals surface area contributed by atoms with Crippen molar-refractivity contribution in [1.82, 2.24) is 0 Å². The Morgan fingerprint density at radius 1 is 0.739 bits per heavy atom. The van der Waals surface area contributed by atoms with E-state index in [-0.39, 0.29) is 5.75 Å². The predicted molar refractivity (Wildman–Crippen MR) is 93.6 cm³/mol. The number of benzene rings is 3. The number of hydrogen-bond donors (Lipinski definition) is 1. The van der Waals surface area contributed by atoms with E-state index < -0.39 is 9.84 Å². The molecule has 3 rings (SSSR count). The first-order valence-electron chi connectivity index (χ1n) is 7.28. The number of nitrogens with two attached hydrogens (primary N) is 1. The summed E-state index contributed by atoms with van der Waals surface area (Å²) in [4.78, 5) is 0.310. The van der Waals surface area contributed by atoms with Crippen LogP contribution in [0.25, 0.3) is 11.1 Å². The topological polar surface area (TPSA) is 60.2 Å². The first-order chi connectivity index (χ1) is 11.1. The average molecular weight is 323 g/mol. The van der Waals surface area contributed by atoms with Gasteiger partial charge in [-0.05, 0) is 41.0 Å². The normalized spacial score (nSPS) is 11.3. The molecule has 0 aromatic heterocycles. The summed E-state index contributed by atoms with van der Waals surface area (Å²) in [6, 6.07) is 23.8. The number of sulfone groups is 1. The SMILES string of the molecule is Nc1ccc(-c2ccccc2)cc1CS(=O)(=O)c1ccccc1. The van der Waals surface area contributed by atoms with Crippen LogP contribution in [0.2, 0.25) is 0 Å². The van der Waals surface area contributed by atoms with Crippen LogP contribution in [-0.2, 0) is 15.6 Å². The molecule has 2 N–H and O–H groups in total. The zero-order valence-electron chi connectivity index (χ0n) is 12.5. The Kier molecular flexibility index (Phi) is 4.17. The molecule has 0 unspecified atom stereocenters. The van der Waals surface area contributed by atoms with Crippen LogP contribution >= 0.6 is 0 Å². The van der Waals surface area contributed by atoms with Crippen molar-refractivity contribution < 1.29 is 8.42 Å². The zero-order chi connectivity index (χ0) is 16.3. The van der Waals surface area contributed by atoms with Gasteiger partial charge in [-0.25, -0.2) is 8.42 Å².